The standard InChI is InChI=1S/C23H23N5O2S2/c1-4-11-28-20(13-30-17-10-9-15(2)16(3)12-17)26-27-23(28)31-14-21(29)25-22-24-18-7-5-6-8-19(18)32-22/h4-10,12H,1,11,13-14H2,2-3H3,(H,24,25,29). The second-order valence-corrected chi connectivity index (χ2v) is 9.13. The van der Waals surface area contributed by atoms with Crippen molar-refractivity contribution in [3.63, 3.8) is 0 Å². The van der Waals surface area contributed by atoms with E-state index in [2.05, 4.69) is 40.9 Å². The van der Waals surface area contributed by atoms with Gasteiger partial charge >= 0.3 is 0 Å². The Balaban J connectivity index is 1.38. The summed E-state index contributed by atoms with van der Waals surface area (Å²) in [6.45, 7) is 8.74. The third kappa shape index (κ3) is 5.17. The van der Waals surface area contributed by atoms with Crippen LogP contribution in [0.2, 0.25) is 0 Å². The van der Waals surface area contributed by atoms with Crippen molar-refractivity contribution in [2.24, 2.45) is 0 Å². The fourth-order valence-electron chi connectivity index (χ4n) is 3.01. The minimum Gasteiger partial charge on any atom is -0.486 e. The highest BCUT2D eigenvalue weighted by Gasteiger charge is 2.15. The second kappa shape index (κ2) is 9.97. The Kier molecular flexibility index (Phi) is 6.87. The van der Waals surface area contributed by atoms with Gasteiger partial charge in [-0.25, -0.2) is 4.98 Å². The third-order valence-electron chi connectivity index (χ3n) is 4.82. The molecule has 0 aliphatic rings. The van der Waals surface area contributed by atoms with E-state index in [0.29, 0.717) is 22.7 Å². The first-order valence-electron chi connectivity index (χ1n) is 10.0. The first kappa shape index (κ1) is 22.0. The molecule has 32 heavy (non-hydrogen) atoms. The summed E-state index contributed by atoms with van der Waals surface area (Å²) in [5, 5.41) is 12.6. The first-order chi connectivity index (χ1) is 15.5. The maximum absolute atomic E-state index is 12.4. The van der Waals surface area contributed by atoms with Crippen LogP contribution in [0.1, 0.15) is 17.0 Å². The van der Waals surface area contributed by atoms with Crippen molar-refractivity contribution in [1.29, 1.82) is 0 Å². The molecule has 0 saturated carbocycles. The highest BCUT2D eigenvalue weighted by molar-refractivity contribution is 7.99. The molecule has 0 aliphatic heterocycles. The number of hydrogen-bond acceptors (Lipinski definition) is 7. The van der Waals surface area contributed by atoms with Gasteiger partial charge in [0.2, 0.25) is 5.91 Å². The predicted octanol–water partition coefficient (Wildman–Crippen LogP) is 5.00. The van der Waals surface area contributed by atoms with Crippen LogP contribution in [0.25, 0.3) is 10.2 Å². The van der Waals surface area contributed by atoms with Gasteiger partial charge in [0.25, 0.3) is 0 Å². The molecule has 0 radical (unpaired) electrons. The summed E-state index contributed by atoms with van der Waals surface area (Å²) in [5.41, 5.74) is 3.26. The summed E-state index contributed by atoms with van der Waals surface area (Å²) in [4.78, 5) is 16.9. The number of para-hydroxylation sites is 1. The largest absolute Gasteiger partial charge is 0.486 e. The Morgan fingerprint density at radius 1 is 1.22 bits per heavy atom. The van der Waals surface area contributed by atoms with E-state index in [1.54, 1.807) is 6.08 Å². The molecule has 0 unspecified atom stereocenters. The SMILES string of the molecule is C=CCn1c(COc2ccc(C)c(C)c2)nnc1SCC(=O)Nc1nc2ccccc2s1. The van der Waals surface area contributed by atoms with Crippen LogP contribution < -0.4 is 10.1 Å². The summed E-state index contributed by atoms with van der Waals surface area (Å²) in [6.07, 6.45) is 1.77. The molecule has 0 fully saturated rings. The zero-order valence-electron chi connectivity index (χ0n) is 17.9. The molecule has 164 valence electrons. The van der Waals surface area contributed by atoms with E-state index in [1.807, 2.05) is 47.0 Å². The molecule has 2 aromatic heterocycles. The number of carbonyl (C=O) groups is 1. The molecule has 0 saturated heterocycles. The Labute approximate surface area is 194 Å². The van der Waals surface area contributed by atoms with Gasteiger partial charge < -0.3 is 10.1 Å². The number of benzene rings is 2. The molecule has 1 amide bonds. The van der Waals surface area contributed by atoms with Crippen molar-refractivity contribution in [3.05, 3.63) is 72.1 Å². The number of ether oxygens (including phenoxy) is 1. The number of thioether (sulfide) groups is 1. The Hall–Kier alpha value is -3.17. The number of allylic oxidation sites excluding steroid dienone is 1. The summed E-state index contributed by atoms with van der Waals surface area (Å²) >= 11 is 2.77. The fourth-order valence-corrected chi connectivity index (χ4v) is 4.66. The predicted molar refractivity (Wildman–Crippen MR) is 129 cm³/mol. The lowest BCUT2D eigenvalue weighted by Gasteiger charge is -2.10. The van der Waals surface area contributed by atoms with E-state index in [1.165, 1.54) is 34.2 Å². The molecule has 0 bridgehead atoms. The molecule has 4 aromatic rings. The van der Waals surface area contributed by atoms with Crippen molar-refractivity contribution in [2.45, 2.75) is 32.2 Å². The number of rotatable bonds is 9. The van der Waals surface area contributed by atoms with Crippen molar-refractivity contribution < 1.29 is 9.53 Å². The van der Waals surface area contributed by atoms with E-state index in [-0.39, 0.29) is 18.3 Å². The van der Waals surface area contributed by atoms with Gasteiger partial charge in [-0.2, -0.15) is 0 Å². The normalized spacial score (nSPS) is 10.9. The Morgan fingerprint density at radius 2 is 2.06 bits per heavy atom. The number of aryl methyl sites for hydroxylation is 2. The lowest BCUT2D eigenvalue weighted by molar-refractivity contribution is -0.113. The first-order valence-corrected chi connectivity index (χ1v) is 11.8. The maximum atomic E-state index is 12.4. The molecule has 9 heteroatoms. The van der Waals surface area contributed by atoms with Crippen LogP contribution in [0.3, 0.4) is 0 Å². The highest BCUT2D eigenvalue weighted by atomic mass is 32.2. The quantitative estimate of drug-likeness (QED) is 0.277. The molecular formula is C23H23N5O2S2. The number of nitrogens with zero attached hydrogens (tertiary/aromatic N) is 4. The van der Waals surface area contributed by atoms with E-state index < -0.39 is 0 Å². The Bertz CT molecular complexity index is 1230. The number of fused-ring (bicyclic) bond motifs is 1. The zero-order valence-corrected chi connectivity index (χ0v) is 19.5. The third-order valence-corrected chi connectivity index (χ3v) is 6.74. The number of amides is 1. The number of hydrogen-bond donors (Lipinski definition) is 1. The van der Waals surface area contributed by atoms with Crippen LogP contribution >= 0.6 is 23.1 Å². The van der Waals surface area contributed by atoms with E-state index in [0.717, 1.165) is 16.0 Å². The van der Waals surface area contributed by atoms with Crippen molar-refractivity contribution in [1.82, 2.24) is 19.7 Å². The van der Waals surface area contributed by atoms with Gasteiger partial charge in [0, 0.05) is 6.54 Å². The zero-order chi connectivity index (χ0) is 22.5. The molecule has 2 aromatic carbocycles. The molecule has 0 atom stereocenters. The van der Waals surface area contributed by atoms with Crippen LogP contribution in [0.5, 0.6) is 5.75 Å². The molecule has 0 aliphatic carbocycles. The number of carbonyl (C=O) groups excluding carboxylic acids is 1. The lowest BCUT2D eigenvalue weighted by atomic mass is 10.1. The van der Waals surface area contributed by atoms with Crippen molar-refractivity contribution >= 4 is 44.4 Å². The average Bonchev–Trinajstić information content (AvgIpc) is 3.36. The average molecular weight is 466 g/mol. The smallest absolute Gasteiger partial charge is 0.236 e. The molecule has 7 nitrogen and oxygen atoms in total. The lowest BCUT2D eigenvalue weighted by Crippen LogP contribution is -2.14. The number of thiazole rings is 1. The van der Waals surface area contributed by atoms with Gasteiger partial charge in [0.1, 0.15) is 12.4 Å². The number of nitrogens with one attached hydrogen (secondary N) is 1. The number of aromatic nitrogens is 4. The van der Waals surface area contributed by atoms with Gasteiger partial charge in [-0.3, -0.25) is 9.36 Å². The minimum atomic E-state index is -0.143. The summed E-state index contributed by atoms with van der Waals surface area (Å²) in [6, 6.07) is 13.8. The highest BCUT2D eigenvalue weighted by Crippen LogP contribution is 2.26. The van der Waals surface area contributed by atoms with Crippen molar-refractivity contribution in [2.75, 3.05) is 11.1 Å². The van der Waals surface area contributed by atoms with Crippen molar-refractivity contribution in [3.8, 4) is 5.75 Å². The Morgan fingerprint density at radius 3 is 2.84 bits per heavy atom. The van der Waals surface area contributed by atoms with Gasteiger partial charge in [0.05, 0.1) is 16.0 Å². The maximum Gasteiger partial charge on any atom is 0.236 e. The molecule has 1 N–H and O–H groups in total. The van der Waals surface area contributed by atoms with E-state index >= 15 is 0 Å². The summed E-state index contributed by atoms with van der Waals surface area (Å²) in [5.74, 6) is 1.52. The fraction of sp³-hybridized carbons (Fsp3) is 0.217. The summed E-state index contributed by atoms with van der Waals surface area (Å²) < 4.78 is 8.85. The van der Waals surface area contributed by atoms with Crippen LogP contribution in [-0.2, 0) is 17.9 Å². The van der Waals surface area contributed by atoms with Gasteiger partial charge in [-0.05, 0) is 49.2 Å². The van der Waals surface area contributed by atoms with Gasteiger partial charge in [-0.15, -0.1) is 16.8 Å². The van der Waals surface area contributed by atoms with Gasteiger partial charge in [-0.1, -0.05) is 47.4 Å². The van der Waals surface area contributed by atoms with Crippen LogP contribution in [0.4, 0.5) is 5.13 Å². The minimum absolute atomic E-state index is 0.143. The van der Waals surface area contributed by atoms with E-state index in [4.69, 9.17) is 4.74 Å². The van der Waals surface area contributed by atoms with Crippen LogP contribution in [0.15, 0.2) is 60.3 Å². The summed E-state index contributed by atoms with van der Waals surface area (Å²) in [7, 11) is 0. The molecular weight excluding hydrogens is 442 g/mol. The second-order valence-electron chi connectivity index (χ2n) is 7.16. The molecule has 0 spiro atoms. The topological polar surface area (TPSA) is 81.9 Å². The van der Waals surface area contributed by atoms with Gasteiger partial charge in [0.15, 0.2) is 16.1 Å². The van der Waals surface area contributed by atoms with Crippen LogP contribution in [0, 0.1) is 13.8 Å². The van der Waals surface area contributed by atoms with Crippen LogP contribution in [-0.4, -0.2) is 31.4 Å². The molecule has 2 heterocycles. The molecule has 4 rings (SSSR count). The van der Waals surface area contributed by atoms with E-state index in [9.17, 15) is 4.79 Å². The number of anilines is 1. The monoisotopic (exact) mass is 465 g/mol.